The number of unbranched alkanes of at least 4 members (excludes halogenated alkanes) is 1. The molecule has 0 unspecified atom stereocenters. The molecule has 2 aromatic rings. The van der Waals surface area contributed by atoms with Gasteiger partial charge in [0.05, 0.1) is 11.3 Å². The fourth-order valence-corrected chi connectivity index (χ4v) is 1.96. The van der Waals surface area contributed by atoms with E-state index in [1.165, 1.54) is 11.0 Å². The number of nitrogens with zero attached hydrogens (tertiary/aromatic N) is 4. The van der Waals surface area contributed by atoms with Gasteiger partial charge in [0.15, 0.2) is 0 Å². The minimum Gasteiger partial charge on any atom is -0.381 e. The van der Waals surface area contributed by atoms with Crippen molar-refractivity contribution in [3.63, 3.8) is 0 Å². The van der Waals surface area contributed by atoms with Crippen LogP contribution in [0.4, 0.5) is 0 Å². The van der Waals surface area contributed by atoms with Gasteiger partial charge in [0.25, 0.3) is 5.91 Å². The van der Waals surface area contributed by atoms with Crippen molar-refractivity contribution in [2.24, 2.45) is 0 Å². The summed E-state index contributed by atoms with van der Waals surface area (Å²) >= 11 is 0. The predicted octanol–water partition coefficient (Wildman–Crippen LogP) is 1.60. The van der Waals surface area contributed by atoms with E-state index in [0.717, 1.165) is 25.9 Å². The Morgan fingerprint density at radius 2 is 2.09 bits per heavy atom. The lowest BCUT2D eigenvalue weighted by Crippen LogP contribution is -2.26. The standard InChI is InChI=1S/C15H21N5O2/c1-2-3-10-22-11-6-9-16-15(21)13-7-4-5-8-14(13)20-12-17-18-19-20/h4-5,7-8,12H,2-3,6,9-11H2,1H3,(H,16,21). The number of hydrogen-bond donors (Lipinski definition) is 1. The summed E-state index contributed by atoms with van der Waals surface area (Å²) in [6.07, 6.45) is 4.46. The van der Waals surface area contributed by atoms with Crippen molar-refractivity contribution in [2.45, 2.75) is 26.2 Å². The Labute approximate surface area is 129 Å². The van der Waals surface area contributed by atoms with Crippen LogP contribution in [0, 0.1) is 0 Å². The molecule has 7 heteroatoms. The second kappa shape index (κ2) is 8.89. The molecule has 1 aromatic heterocycles. The van der Waals surface area contributed by atoms with Gasteiger partial charge in [0.1, 0.15) is 6.33 Å². The molecule has 0 fully saturated rings. The Morgan fingerprint density at radius 1 is 1.27 bits per heavy atom. The number of para-hydroxylation sites is 1. The zero-order chi connectivity index (χ0) is 15.6. The number of carbonyl (C=O) groups excluding carboxylic acids is 1. The monoisotopic (exact) mass is 303 g/mol. The molecule has 0 aliphatic carbocycles. The number of benzene rings is 1. The maximum atomic E-state index is 12.3. The van der Waals surface area contributed by atoms with Crippen molar-refractivity contribution < 1.29 is 9.53 Å². The van der Waals surface area contributed by atoms with Gasteiger partial charge in [0.2, 0.25) is 0 Å². The van der Waals surface area contributed by atoms with Crippen molar-refractivity contribution in [3.8, 4) is 5.69 Å². The average molecular weight is 303 g/mol. The zero-order valence-corrected chi connectivity index (χ0v) is 12.7. The first-order valence-electron chi connectivity index (χ1n) is 7.51. The summed E-state index contributed by atoms with van der Waals surface area (Å²) in [7, 11) is 0. The predicted molar refractivity (Wildman–Crippen MR) is 81.8 cm³/mol. The third-order valence-electron chi connectivity index (χ3n) is 3.14. The SMILES string of the molecule is CCCCOCCCNC(=O)c1ccccc1-n1cnnn1. The summed E-state index contributed by atoms with van der Waals surface area (Å²) in [6.45, 7) is 4.15. The summed E-state index contributed by atoms with van der Waals surface area (Å²) in [5, 5.41) is 13.9. The van der Waals surface area contributed by atoms with Crippen LogP contribution in [0.2, 0.25) is 0 Å². The Bertz CT molecular complexity index is 571. The topological polar surface area (TPSA) is 81.9 Å². The van der Waals surface area contributed by atoms with Gasteiger partial charge in [-0.3, -0.25) is 4.79 Å². The Hall–Kier alpha value is -2.28. The van der Waals surface area contributed by atoms with Crippen LogP contribution < -0.4 is 5.32 Å². The van der Waals surface area contributed by atoms with Gasteiger partial charge in [-0.2, -0.15) is 4.68 Å². The van der Waals surface area contributed by atoms with Crippen molar-refractivity contribution >= 4 is 5.91 Å². The van der Waals surface area contributed by atoms with E-state index in [-0.39, 0.29) is 5.91 Å². The fraction of sp³-hybridized carbons (Fsp3) is 0.467. The van der Waals surface area contributed by atoms with E-state index in [9.17, 15) is 4.79 Å². The molecule has 0 radical (unpaired) electrons. The van der Waals surface area contributed by atoms with Crippen molar-refractivity contribution in [1.29, 1.82) is 0 Å². The van der Waals surface area contributed by atoms with Crippen LogP contribution in [-0.2, 0) is 4.74 Å². The van der Waals surface area contributed by atoms with E-state index in [0.29, 0.717) is 24.4 Å². The van der Waals surface area contributed by atoms with Crippen LogP contribution in [-0.4, -0.2) is 45.9 Å². The normalized spacial score (nSPS) is 10.6. The highest BCUT2D eigenvalue weighted by molar-refractivity contribution is 5.97. The molecular weight excluding hydrogens is 282 g/mol. The van der Waals surface area contributed by atoms with Gasteiger partial charge in [-0.05, 0) is 35.4 Å². The van der Waals surface area contributed by atoms with E-state index < -0.39 is 0 Å². The molecule has 0 saturated heterocycles. The molecule has 1 N–H and O–H groups in total. The second-order valence-corrected chi connectivity index (χ2v) is 4.85. The van der Waals surface area contributed by atoms with E-state index in [1.807, 2.05) is 12.1 Å². The number of nitrogens with one attached hydrogen (secondary N) is 1. The van der Waals surface area contributed by atoms with Crippen molar-refractivity contribution in [3.05, 3.63) is 36.2 Å². The quantitative estimate of drug-likeness (QED) is 0.712. The molecule has 22 heavy (non-hydrogen) atoms. The minimum atomic E-state index is -0.139. The molecule has 0 aliphatic heterocycles. The largest absolute Gasteiger partial charge is 0.381 e. The Balaban J connectivity index is 1.83. The maximum Gasteiger partial charge on any atom is 0.253 e. The lowest BCUT2D eigenvalue weighted by Gasteiger charge is -2.09. The summed E-state index contributed by atoms with van der Waals surface area (Å²) in [5.74, 6) is -0.139. The first-order chi connectivity index (χ1) is 10.8. The number of ether oxygens (including phenoxy) is 1. The molecular formula is C15H21N5O2. The third kappa shape index (κ3) is 4.63. The van der Waals surface area contributed by atoms with Crippen LogP contribution >= 0.6 is 0 Å². The number of aromatic nitrogens is 4. The average Bonchev–Trinajstić information content (AvgIpc) is 3.08. The van der Waals surface area contributed by atoms with Gasteiger partial charge in [-0.1, -0.05) is 25.5 Å². The summed E-state index contributed by atoms with van der Waals surface area (Å²) in [4.78, 5) is 12.3. The Kier molecular flexibility index (Phi) is 6.50. The highest BCUT2D eigenvalue weighted by Gasteiger charge is 2.12. The molecule has 118 valence electrons. The minimum absolute atomic E-state index is 0.139. The lowest BCUT2D eigenvalue weighted by molar-refractivity contribution is 0.0940. The van der Waals surface area contributed by atoms with Gasteiger partial charge in [-0.25, -0.2) is 0 Å². The number of amides is 1. The summed E-state index contributed by atoms with van der Waals surface area (Å²) in [6, 6.07) is 7.22. The zero-order valence-electron chi connectivity index (χ0n) is 12.7. The van der Waals surface area contributed by atoms with Gasteiger partial charge >= 0.3 is 0 Å². The Morgan fingerprint density at radius 3 is 2.86 bits per heavy atom. The molecule has 0 aliphatic rings. The van der Waals surface area contributed by atoms with Crippen molar-refractivity contribution in [1.82, 2.24) is 25.5 Å². The molecule has 0 bridgehead atoms. The molecule has 1 heterocycles. The maximum absolute atomic E-state index is 12.3. The van der Waals surface area contributed by atoms with Crippen LogP contribution in [0.3, 0.4) is 0 Å². The van der Waals surface area contributed by atoms with Crippen molar-refractivity contribution in [2.75, 3.05) is 19.8 Å². The first-order valence-corrected chi connectivity index (χ1v) is 7.51. The van der Waals surface area contributed by atoms with Gasteiger partial charge < -0.3 is 10.1 Å². The number of hydrogen-bond acceptors (Lipinski definition) is 5. The van der Waals surface area contributed by atoms with Crippen LogP contribution in [0.5, 0.6) is 0 Å². The van der Waals surface area contributed by atoms with Crippen LogP contribution in [0.25, 0.3) is 5.69 Å². The smallest absolute Gasteiger partial charge is 0.253 e. The van der Waals surface area contributed by atoms with E-state index in [2.05, 4.69) is 27.8 Å². The van der Waals surface area contributed by atoms with Gasteiger partial charge in [0, 0.05) is 19.8 Å². The highest BCUT2D eigenvalue weighted by Crippen LogP contribution is 2.12. The lowest BCUT2D eigenvalue weighted by atomic mass is 10.1. The third-order valence-corrected chi connectivity index (χ3v) is 3.14. The molecule has 2 rings (SSSR count). The van der Waals surface area contributed by atoms with E-state index in [4.69, 9.17) is 4.74 Å². The highest BCUT2D eigenvalue weighted by atomic mass is 16.5. The van der Waals surface area contributed by atoms with Gasteiger partial charge in [-0.15, -0.1) is 5.10 Å². The van der Waals surface area contributed by atoms with Crippen LogP contribution in [0.1, 0.15) is 36.5 Å². The molecule has 7 nitrogen and oxygen atoms in total. The number of tetrazole rings is 1. The first kappa shape index (κ1) is 16.1. The molecule has 0 atom stereocenters. The number of carbonyl (C=O) groups is 1. The molecule has 0 saturated carbocycles. The molecule has 1 aromatic carbocycles. The van der Waals surface area contributed by atoms with Crippen LogP contribution in [0.15, 0.2) is 30.6 Å². The second-order valence-electron chi connectivity index (χ2n) is 4.85. The van der Waals surface area contributed by atoms with E-state index in [1.54, 1.807) is 12.1 Å². The summed E-state index contributed by atoms with van der Waals surface area (Å²) in [5.41, 5.74) is 1.20. The molecule has 1 amide bonds. The summed E-state index contributed by atoms with van der Waals surface area (Å²) < 4.78 is 6.94. The molecule has 0 spiro atoms. The van der Waals surface area contributed by atoms with E-state index >= 15 is 0 Å². The fourth-order valence-electron chi connectivity index (χ4n) is 1.96. The number of rotatable bonds is 9.